The van der Waals surface area contributed by atoms with E-state index in [0.717, 1.165) is 5.52 Å². The largest absolute Gasteiger partial charge is 0.313 e. The summed E-state index contributed by atoms with van der Waals surface area (Å²) in [4.78, 5) is 4.38. The molecule has 1 heterocycles. The standard InChI is InChI=1S/C18H26N2/c1-3-4-5-6-7-10-17(19-2)16-11-12-18-15(14-16)9-8-13-20-18/h8-9,11-14,17,19H,3-7,10H2,1-2H3. The molecule has 0 aliphatic rings. The summed E-state index contributed by atoms with van der Waals surface area (Å²) in [5, 5.41) is 4.69. The molecular weight excluding hydrogens is 244 g/mol. The minimum absolute atomic E-state index is 0.459. The molecule has 0 aliphatic heterocycles. The van der Waals surface area contributed by atoms with Crippen molar-refractivity contribution < 1.29 is 0 Å². The SMILES string of the molecule is CCCCCCCC(NC)c1ccc2ncccc2c1. The van der Waals surface area contributed by atoms with Crippen LogP contribution in [0.4, 0.5) is 0 Å². The summed E-state index contributed by atoms with van der Waals surface area (Å²) in [5.41, 5.74) is 2.46. The van der Waals surface area contributed by atoms with E-state index in [1.54, 1.807) is 0 Å². The number of pyridine rings is 1. The van der Waals surface area contributed by atoms with Crippen LogP contribution in [-0.4, -0.2) is 12.0 Å². The van der Waals surface area contributed by atoms with Gasteiger partial charge in [0.1, 0.15) is 0 Å². The minimum Gasteiger partial charge on any atom is -0.313 e. The molecule has 20 heavy (non-hydrogen) atoms. The molecular formula is C18H26N2. The molecule has 1 aromatic heterocycles. The second-order valence-corrected chi connectivity index (χ2v) is 5.50. The van der Waals surface area contributed by atoms with Crippen molar-refractivity contribution in [2.24, 2.45) is 0 Å². The van der Waals surface area contributed by atoms with Gasteiger partial charge in [-0.2, -0.15) is 0 Å². The minimum atomic E-state index is 0.459. The van der Waals surface area contributed by atoms with Crippen LogP contribution in [0.1, 0.15) is 57.1 Å². The molecule has 1 unspecified atom stereocenters. The van der Waals surface area contributed by atoms with Gasteiger partial charge in [-0.05, 0) is 37.2 Å². The summed E-state index contributed by atoms with van der Waals surface area (Å²) in [6.07, 6.45) is 9.77. The van der Waals surface area contributed by atoms with Crippen molar-refractivity contribution >= 4 is 10.9 Å². The monoisotopic (exact) mass is 270 g/mol. The fourth-order valence-electron chi connectivity index (χ4n) is 2.74. The molecule has 2 rings (SSSR count). The van der Waals surface area contributed by atoms with Crippen molar-refractivity contribution in [3.8, 4) is 0 Å². The Labute approximate surface area is 122 Å². The molecule has 0 saturated heterocycles. The number of unbranched alkanes of at least 4 members (excludes halogenated alkanes) is 4. The molecule has 0 saturated carbocycles. The lowest BCUT2D eigenvalue weighted by Gasteiger charge is -2.17. The van der Waals surface area contributed by atoms with Crippen LogP contribution in [0, 0.1) is 0 Å². The highest BCUT2D eigenvalue weighted by Crippen LogP contribution is 2.23. The quantitative estimate of drug-likeness (QED) is 0.693. The third kappa shape index (κ3) is 4.04. The van der Waals surface area contributed by atoms with Gasteiger partial charge in [-0.25, -0.2) is 0 Å². The van der Waals surface area contributed by atoms with Crippen LogP contribution in [0.25, 0.3) is 10.9 Å². The van der Waals surface area contributed by atoms with Gasteiger partial charge in [-0.3, -0.25) is 4.98 Å². The number of aromatic nitrogens is 1. The lowest BCUT2D eigenvalue weighted by Crippen LogP contribution is -2.16. The van der Waals surface area contributed by atoms with Crippen LogP contribution < -0.4 is 5.32 Å². The first-order valence-electron chi connectivity index (χ1n) is 7.87. The van der Waals surface area contributed by atoms with Crippen LogP contribution in [0.3, 0.4) is 0 Å². The average Bonchev–Trinajstić information content (AvgIpc) is 2.50. The highest BCUT2D eigenvalue weighted by molar-refractivity contribution is 5.79. The van der Waals surface area contributed by atoms with E-state index in [1.807, 2.05) is 12.3 Å². The Morgan fingerprint density at radius 1 is 1.10 bits per heavy atom. The van der Waals surface area contributed by atoms with Crippen molar-refractivity contribution in [1.82, 2.24) is 10.3 Å². The lowest BCUT2D eigenvalue weighted by molar-refractivity contribution is 0.501. The second kappa shape index (κ2) is 8.01. The van der Waals surface area contributed by atoms with E-state index >= 15 is 0 Å². The van der Waals surface area contributed by atoms with Gasteiger partial charge in [0, 0.05) is 17.6 Å². The normalized spacial score (nSPS) is 12.7. The fraction of sp³-hybridized carbons (Fsp3) is 0.500. The van der Waals surface area contributed by atoms with Crippen LogP contribution in [0.5, 0.6) is 0 Å². The molecule has 2 aromatic rings. The van der Waals surface area contributed by atoms with Gasteiger partial charge in [0.15, 0.2) is 0 Å². The first-order valence-corrected chi connectivity index (χ1v) is 7.87. The Kier molecular flexibility index (Phi) is 6.00. The van der Waals surface area contributed by atoms with E-state index in [1.165, 1.54) is 49.5 Å². The van der Waals surface area contributed by atoms with E-state index in [-0.39, 0.29) is 0 Å². The maximum Gasteiger partial charge on any atom is 0.0702 e. The van der Waals surface area contributed by atoms with Gasteiger partial charge in [-0.1, -0.05) is 51.2 Å². The van der Waals surface area contributed by atoms with Gasteiger partial charge < -0.3 is 5.32 Å². The van der Waals surface area contributed by atoms with Gasteiger partial charge in [-0.15, -0.1) is 0 Å². The third-order valence-electron chi connectivity index (χ3n) is 3.97. The predicted molar refractivity (Wildman–Crippen MR) is 86.9 cm³/mol. The van der Waals surface area contributed by atoms with Crippen molar-refractivity contribution in [3.63, 3.8) is 0 Å². The molecule has 1 atom stereocenters. The molecule has 2 nitrogen and oxygen atoms in total. The first-order chi connectivity index (χ1) is 9.85. The maximum absolute atomic E-state index is 4.38. The number of fused-ring (bicyclic) bond motifs is 1. The zero-order valence-electron chi connectivity index (χ0n) is 12.7. The van der Waals surface area contributed by atoms with Gasteiger partial charge >= 0.3 is 0 Å². The highest BCUT2D eigenvalue weighted by Gasteiger charge is 2.09. The zero-order chi connectivity index (χ0) is 14.2. The Bertz CT molecular complexity index is 522. The van der Waals surface area contributed by atoms with Gasteiger partial charge in [0.2, 0.25) is 0 Å². The van der Waals surface area contributed by atoms with Gasteiger partial charge in [0.05, 0.1) is 5.52 Å². The van der Waals surface area contributed by atoms with Crippen LogP contribution in [0.15, 0.2) is 36.5 Å². The molecule has 0 aliphatic carbocycles. The Balaban J connectivity index is 1.98. The number of benzene rings is 1. The summed E-state index contributed by atoms with van der Waals surface area (Å²) in [6.45, 7) is 2.26. The molecule has 0 bridgehead atoms. The summed E-state index contributed by atoms with van der Waals surface area (Å²) in [5.74, 6) is 0. The van der Waals surface area contributed by atoms with Crippen molar-refractivity contribution in [1.29, 1.82) is 0 Å². The lowest BCUT2D eigenvalue weighted by atomic mass is 9.98. The second-order valence-electron chi connectivity index (χ2n) is 5.50. The van der Waals surface area contributed by atoms with E-state index < -0.39 is 0 Å². The summed E-state index contributed by atoms with van der Waals surface area (Å²) in [7, 11) is 2.06. The zero-order valence-corrected chi connectivity index (χ0v) is 12.7. The Morgan fingerprint density at radius 2 is 1.95 bits per heavy atom. The summed E-state index contributed by atoms with van der Waals surface area (Å²) < 4.78 is 0. The molecule has 0 spiro atoms. The summed E-state index contributed by atoms with van der Waals surface area (Å²) in [6, 6.07) is 11.2. The van der Waals surface area contributed by atoms with Crippen molar-refractivity contribution in [2.75, 3.05) is 7.05 Å². The maximum atomic E-state index is 4.38. The number of hydrogen-bond acceptors (Lipinski definition) is 2. The Hall–Kier alpha value is -1.41. The molecule has 108 valence electrons. The molecule has 0 amide bonds. The van der Waals surface area contributed by atoms with Crippen LogP contribution in [0.2, 0.25) is 0 Å². The number of nitrogens with one attached hydrogen (secondary N) is 1. The van der Waals surface area contributed by atoms with E-state index in [9.17, 15) is 0 Å². The smallest absolute Gasteiger partial charge is 0.0702 e. The first kappa shape index (κ1) is 15.0. The van der Waals surface area contributed by atoms with Crippen LogP contribution in [-0.2, 0) is 0 Å². The van der Waals surface area contributed by atoms with E-state index in [2.05, 4.69) is 48.5 Å². The molecule has 0 radical (unpaired) electrons. The van der Waals surface area contributed by atoms with Crippen molar-refractivity contribution in [3.05, 3.63) is 42.1 Å². The topological polar surface area (TPSA) is 24.9 Å². The van der Waals surface area contributed by atoms with E-state index in [0.29, 0.717) is 6.04 Å². The number of rotatable bonds is 8. The molecule has 2 heteroatoms. The number of hydrogen-bond donors (Lipinski definition) is 1. The fourth-order valence-corrected chi connectivity index (χ4v) is 2.74. The average molecular weight is 270 g/mol. The number of nitrogens with zero attached hydrogens (tertiary/aromatic N) is 1. The predicted octanol–water partition coefficient (Wildman–Crippen LogP) is 4.86. The summed E-state index contributed by atoms with van der Waals surface area (Å²) >= 11 is 0. The van der Waals surface area contributed by atoms with Gasteiger partial charge in [0.25, 0.3) is 0 Å². The third-order valence-corrected chi connectivity index (χ3v) is 3.97. The molecule has 1 aromatic carbocycles. The van der Waals surface area contributed by atoms with Crippen molar-refractivity contribution in [2.45, 2.75) is 51.5 Å². The Morgan fingerprint density at radius 3 is 2.75 bits per heavy atom. The highest BCUT2D eigenvalue weighted by atomic mass is 14.9. The molecule has 0 fully saturated rings. The van der Waals surface area contributed by atoms with E-state index in [4.69, 9.17) is 0 Å². The molecule has 1 N–H and O–H groups in total. The van der Waals surface area contributed by atoms with Crippen LogP contribution >= 0.6 is 0 Å².